The molecule has 2 heteroatoms. The fourth-order valence-electron chi connectivity index (χ4n) is 3.02. The first-order valence-electron chi connectivity index (χ1n) is 5.59. The summed E-state index contributed by atoms with van der Waals surface area (Å²) in [5.74, 6) is 0.211. The van der Waals surface area contributed by atoms with Gasteiger partial charge in [-0.15, -0.1) is 0 Å². The Morgan fingerprint density at radius 1 is 1.21 bits per heavy atom. The van der Waals surface area contributed by atoms with Gasteiger partial charge in [0.1, 0.15) is 0 Å². The van der Waals surface area contributed by atoms with Crippen LogP contribution in [0.1, 0.15) is 44.9 Å². The Morgan fingerprint density at radius 3 is 2.43 bits per heavy atom. The molecule has 0 amide bonds. The third-order valence-electron chi connectivity index (χ3n) is 3.85. The van der Waals surface area contributed by atoms with Crippen molar-refractivity contribution in [2.75, 3.05) is 0 Å². The first-order valence-corrected chi connectivity index (χ1v) is 5.59. The quantitative estimate of drug-likeness (QED) is 0.599. The summed E-state index contributed by atoms with van der Waals surface area (Å²) >= 11 is 0. The molecule has 78 valence electrons. The zero-order valence-electron chi connectivity index (χ0n) is 8.72. The summed E-state index contributed by atoms with van der Waals surface area (Å²) < 4.78 is 0. The van der Waals surface area contributed by atoms with Gasteiger partial charge in [-0.25, -0.2) is 0 Å². The van der Waals surface area contributed by atoms with Crippen LogP contribution in [0.25, 0.3) is 0 Å². The second kappa shape index (κ2) is 3.50. The van der Waals surface area contributed by atoms with Crippen molar-refractivity contribution in [3.05, 3.63) is 12.2 Å². The highest BCUT2D eigenvalue weighted by Crippen LogP contribution is 2.47. The third-order valence-corrected chi connectivity index (χ3v) is 3.85. The monoisotopic (exact) mass is 193 g/mol. The summed E-state index contributed by atoms with van der Waals surface area (Å²) in [6, 6.07) is -0.373. The van der Waals surface area contributed by atoms with E-state index in [9.17, 15) is 4.79 Å². The highest BCUT2D eigenvalue weighted by atomic mass is 16.1. The molecule has 2 fully saturated rings. The topological polar surface area (TPSA) is 43.1 Å². The average Bonchev–Trinajstić information content (AvgIpc) is 2.15. The molecule has 14 heavy (non-hydrogen) atoms. The smallest absolute Gasteiger partial charge is 0.154 e. The van der Waals surface area contributed by atoms with E-state index in [-0.39, 0.29) is 17.2 Å². The fourth-order valence-corrected chi connectivity index (χ4v) is 3.02. The van der Waals surface area contributed by atoms with E-state index in [0.717, 1.165) is 12.0 Å². The molecule has 1 unspecified atom stereocenters. The highest BCUT2D eigenvalue weighted by Gasteiger charge is 2.41. The molecule has 1 atom stereocenters. The second-order valence-electron chi connectivity index (χ2n) is 5.02. The molecule has 2 aliphatic rings. The van der Waals surface area contributed by atoms with Gasteiger partial charge in [0, 0.05) is 6.42 Å². The lowest BCUT2D eigenvalue weighted by Gasteiger charge is -2.42. The number of hydrogen-bond donors (Lipinski definition) is 1. The molecule has 0 bridgehead atoms. The molecule has 2 saturated carbocycles. The number of hydrogen-bond acceptors (Lipinski definition) is 2. The van der Waals surface area contributed by atoms with E-state index < -0.39 is 0 Å². The predicted octanol–water partition coefficient (Wildman–Crippen LogP) is 2.18. The van der Waals surface area contributed by atoms with E-state index in [1.807, 2.05) is 0 Å². The van der Waals surface area contributed by atoms with Crippen LogP contribution in [0.2, 0.25) is 0 Å². The van der Waals surface area contributed by atoms with Crippen molar-refractivity contribution in [3.63, 3.8) is 0 Å². The van der Waals surface area contributed by atoms with Crippen molar-refractivity contribution in [2.24, 2.45) is 11.1 Å². The van der Waals surface area contributed by atoms with Crippen molar-refractivity contribution in [2.45, 2.75) is 51.0 Å². The van der Waals surface area contributed by atoms with Gasteiger partial charge in [-0.05, 0) is 24.7 Å². The maximum absolute atomic E-state index is 11.7. The van der Waals surface area contributed by atoms with E-state index in [1.54, 1.807) is 0 Å². The van der Waals surface area contributed by atoms with Gasteiger partial charge in [-0.2, -0.15) is 0 Å². The predicted molar refractivity (Wildman–Crippen MR) is 56.9 cm³/mol. The zero-order valence-corrected chi connectivity index (χ0v) is 8.72. The van der Waals surface area contributed by atoms with E-state index in [0.29, 0.717) is 6.42 Å². The standard InChI is InChI=1S/C12H19NO/c1-9-7-12(5-3-2-4-6-12)8-10(14)11(9)13/h11H,1-8,13H2. The second-order valence-corrected chi connectivity index (χ2v) is 5.02. The highest BCUT2D eigenvalue weighted by molar-refractivity contribution is 5.88. The van der Waals surface area contributed by atoms with Gasteiger partial charge in [0.2, 0.25) is 0 Å². The SMILES string of the molecule is C=C1CC2(CCCCC2)CC(=O)C1N. The first-order chi connectivity index (χ1) is 6.63. The summed E-state index contributed by atoms with van der Waals surface area (Å²) in [5.41, 5.74) is 6.98. The van der Waals surface area contributed by atoms with Gasteiger partial charge >= 0.3 is 0 Å². The lowest BCUT2D eigenvalue weighted by Crippen LogP contribution is -2.44. The van der Waals surface area contributed by atoms with Crippen molar-refractivity contribution < 1.29 is 4.79 Å². The van der Waals surface area contributed by atoms with Crippen molar-refractivity contribution in [1.29, 1.82) is 0 Å². The maximum Gasteiger partial charge on any atom is 0.154 e. The molecule has 0 aromatic heterocycles. The number of nitrogens with two attached hydrogens (primary N) is 1. The Kier molecular flexibility index (Phi) is 2.48. The van der Waals surface area contributed by atoms with E-state index in [1.165, 1.54) is 32.1 Å². The fraction of sp³-hybridized carbons (Fsp3) is 0.750. The molecule has 1 spiro atoms. The van der Waals surface area contributed by atoms with Crippen LogP contribution < -0.4 is 5.73 Å². The van der Waals surface area contributed by atoms with Gasteiger partial charge in [0.05, 0.1) is 6.04 Å². The molecule has 2 N–H and O–H groups in total. The number of carbonyl (C=O) groups is 1. The lowest BCUT2D eigenvalue weighted by atomic mass is 9.63. The van der Waals surface area contributed by atoms with E-state index in [2.05, 4.69) is 6.58 Å². The molecule has 0 saturated heterocycles. The largest absolute Gasteiger partial charge is 0.318 e. The van der Waals surface area contributed by atoms with Crippen LogP contribution in [0.5, 0.6) is 0 Å². The normalized spacial score (nSPS) is 32.2. The van der Waals surface area contributed by atoms with Gasteiger partial charge in [-0.3, -0.25) is 4.79 Å². The zero-order chi connectivity index (χ0) is 10.2. The summed E-state index contributed by atoms with van der Waals surface area (Å²) in [6.45, 7) is 3.95. The molecule has 2 rings (SSSR count). The molecule has 0 aromatic rings. The minimum Gasteiger partial charge on any atom is -0.318 e. The maximum atomic E-state index is 11.7. The first kappa shape index (κ1) is 9.91. The van der Waals surface area contributed by atoms with Crippen LogP contribution in [-0.4, -0.2) is 11.8 Å². The minimum absolute atomic E-state index is 0.211. The van der Waals surface area contributed by atoms with Crippen LogP contribution in [0.15, 0.2) is 12.2 Å². The Labute approximate surface area is 85.6 Å². The molecule has 2 nitrogen and oxygen atoms in total. The minimum atomic E-state index is -0.373. The van der Waals surface area contributed by atoms with Crippen molar-refractivity contribution >= 4 is 5.78 Å². The molecular weight excluding hydrogens is 174 g/mol. The van der Waals surface area contributed by atoms with Gasteiger partial charge in [0.15, 0.2) is 5.78 Å². The van der Waals surface area contributed by atoms with Crippen LogP contribution >= 0.6 is 0 Å². The van der Waals surface area contributed by atoms with Gasteiger partial charge in [-0.1, -0.05) is 31.4 Å². The number of Topliss-reactive ketones (excluding diaryl/α,β-unsaturated/α-hetero) is 1. The van der Waals surface area contributed by atoms with Crippen molar-refractivity contribution in [3.8, 4) is 0 Å². The summed E-state index contributed by atoms with van der Waals surface area (Å²) in [6.07, 6.45) is 7.96. The molecular formula is C12H19NO. The molecule has 2 aliphatic carbocycles. The van der Waals surface area contributed by atoms with Crippen LogP contribution in [-0.2, 0) is 4.79 Å². The van der Waals surface area contributed by atoms with Gasteiger partial charge < -0.3 is 5.73 Å². The Balaban J connectivity index is 2.14. The molecule has 0 radical (unpaired) electrons. The van der Waals surface area contributed by atoms with Crippen molar-refractivity contribution in [1.82, 2.24) is 0 Å². The number of carbonyl (C=O) groups excluding carboxylic acids is 1. The molecule has 0 aliphatic heterocycles. The number of ketones is 1. The van der Waals surface area contributed by atoms with Gasteiger partial charge in [0.25, 0.3) is 0 Å². The summed E-state index contributed by atoms with van der Waals surface area (Å²) in [5, 5.41) is 0. The summed E-state index contributed by atoms with van der Waals surface area (Å²) in [4.78, 5) is 11.7. The lowest BCUT2D eigenvalue weighted by molar-refractivity contribution is -0.124. The van der Waals surface area contributed by atoms with Crippen LogP contribution in [0, 0.1) is 5.41 Å². The Hall–Kier alpha value is -0.630. The average molecular weight is 193 g/mol. The van der Waals surface area contributed by atoms with Crippen LogP contribution in [0.3, 0.4) is 0 Å². The Morgan fingerprint density at radius 2 is 1.86 bits per heavy atom. The Bertz CT molecular complexity index is 243. The third kappa shape index (κ3) is 1.63. The van der Waals surface area contributed by atoms with E-state index >= 15 is 0 Å². The van der Waals surface area contributed by atoms with E-state index in [4.69, 9.17) is 5.73 Å². The number of rotatable bonds is 0. The summed E-state index contributed by atoms with van der Waals surface area (Å²) in [7, 11) is 0. The molecule has 0 heterocycles. The molecule has 0 aromatic carbocycles. The van der Waals surface area contributed by atoms with Crippen LogP contribution in [0.4, 0.5) is 0 Å².